The highest BCUT2D eigenvalue weighted by Gasteiger charge is 2.26. The first-order valence-corrected chi connectivity index (χ1v) is 12.0. The third kappa shape index (κ3) is 7.10. The summed E-state index contributed by atoms with van der Waals surface area (Å²) >= 11 is 0. The van der Waals surface area contributed by atoms with Gasteiger partial charge in [-0.05, 0) is 55.8 Å². The molecule has 0 aliphatic rings. The number of hydrogen-bond donors (Lipinski definition) is 3. The summed E-state index contributed by atoms with van der Waals surface area (Å²) in [7, 11) is 0. The fraction of sp³-hybridized carbons (Fsp3) is 0.296. The summed E-state index contributed by atoms with van der Waals surface area (Å²) in [6, 6.07) is 10.7. The van der Waals surface area contributed by atoms with Crippen molar-refractivity contribution in [2.45, 2.75) is 32.9 Å². The molecule has 3 aromatic rings. The van der Waals surface area contributed by atoms with Crippen LogP contribution in [0.5, 0.6) is 0 Å². The Kier molecular flexibility index (Phi) is 9.42. The Morgan fingerprint density at radius 1 is 1.13 bits per heavy atom. The number of nitrogens with zero attached hydrogens (tertiary/aromatic N) is 2. The maximum absolute atomic E-state index is 12.8. The number of benzene rings is 2. The van der Waals surface area contributed by atoms with Crippen LogP contribution in [0.4, 0.5) is 11.6 Å². The number of aromatic amines is 1. The van der Waals surface area contributed by atoms with Gasteiger partial charge < -0.3 is 25.4 Å². The van der Waals surface area contributed by atoms with Gasteiger partial charge in [-0.2, -0.15) is 0 Å². The number of nitrogen functional groups attached to an aromatic ring is 1. The monoisotopic (exact) mass is 519 g/mol. The Labute approximate surface area is 219 Å². The van der Waals surface area contributed by atoms with Crippen LogP contribution in [0.1, 0.15) is 36.2 Å². The molecule has 11 nitrogen and oxygen atoms in total. The van der Waals surface area contributed by atoms with Crippen LogP contribution in [0.25, 0.3) is 10.9 Å². The van der Waals surface area contributed by atoms with Gasteiger partial charge in [0.1, 0.15) is 6.04 Å². The Morgan fingerprint density at radius 2 is 1.84 bits per heavy atom. The molecule has 0 saturated carbocycles. The quantitative estimate of drug-likeness (QED) is 0.254. The van der Waals surface area contributed by atoms with Crippen LogP contribution in [0.2, 0.25) is 0 Å². The Bertz CT molecular complexity index is 1410. The lowest BCUT2D eigenvalue weighted by atomic mass is 10.1. The highest BCUT2D eigenvalue weighted by Crippen LogP contribution is 2.20. The molecule has 1 aromatic heterocycles. The van der Waals surface area contributed by atoms with Gasteiger partial charge in [-0.15, -0.1) is 6.42 Å². The number of fused-ring (bicyclic) bond motifs is 1. The second-order valence-electron chi connectivity index (χ2n) is 8.20. The van der Waals surface area contributed by atoms with Gasteiger partial charge in [-0.25, -0.2) is 9.78 Å². The van der Waals surface area contributed by atoms with Gasteiger partial charge in [0, 0.05) is 17.8 Å². The minimum atomic E-state index is -1.18. The largest absolute Gasteiger partial charge is 0.466 e. The number of rotatable bonds is 11. The summed E-state index contributed by atoms with van der Waals surface area (Å²) in [5, 5.41) is 2.95. The van der Waals surface area contributed by atoms with Crippen molar-refractivity contribution >= 4 is 40.4 Å². The number of carbonyl (C=O) groups excluding carboxylic acids is 3. The van der Waals surface area contributed by atoms with Crippen molar-refractivity contribution in [2.75, 3.05) is 30.4 Å². The first-order chi connectivity index (χ1) is 18.2. The molecule has 0 unspecified atom stereocenters. The van der Waals surface area contributed by atoms with Crippen LogP contribution < -0.4 is 21.5 Å². The normalized spacial score (nSPS) is 11.3. The molecule has 1 heterocycles. The molecule has 38 heavy (non-hydrogen) atoms. The molecule has 0 aliphatic carbocycles. The predicted octanol–water partition coefficient (Wildman–Crippen LogP) is 1.76. The molecule has 2 aromatic carbocycles. The maximum Gasteiger partial charge on any atom is 0.329 e. The van der Waals surface area contributed by atoms with Crippen LogP contribution >= 0.6 is 0 Å². The van der Waals surface area contributed by atoms with E-state index in [1.54, 1.807) is 50.2 Å². The third-order valence-corrected chi connectivity index (χ3v) is 5.49. The Hall–Kier alpha value is -4.85. The molecule has 0 radical (unpaired) electrons. The molecule has 0 fully saturated rings. The first-order valence-electron chi connectivity index (χ1n) is 12.0. The van der Waals surface area contributed by atoms with Gasteiger partial charge >= 0.3 is 11.9 Å². The van der Waals surface area contributed by atoms with Crippen molar-refractivity contribution in [3.05, 3.63) is 63.9 Å². The molecule has 1 atom stereocenters. The molecule has 11 heteroatoms. The molecular formula is C27H29N5O6. The van der Waals surface area contributed by atoms with E-state index in [9.17, 15) is 19.2 Å². The molecule has 4 N–H and O–H groups in total. The van der Waals surface area contributed by atoms with Gasteiger partial charge in [0.2, 0.25) is 5.95 Å². The Morgan fingerprint density at radius 3 is 2.50 bits per heavy atom. The van der Waals surface area contributed by atoms with Gasteiger partial charge in [0.15, 0.2) is 0 Å². The van der Waals surface area contributed by atoms with E-state index in [1.807, 2.05) is 11.0 Å². The zero-order valence-corrected chi connectivity index (χ0v) is 21.2. The summed E-state index contributed by atoms with van der Waals surface area (Å²) in [5.74, 6) is 0.757. The van der Waals surface area contributed by atoms with Crippen molar-refractivity contribution < 1.29 is 23.9 Å². The number of nitrogens with one attached hydrogen (secondary N) is 2. The maximum atomic E-state index is 12.8. The summed E-state index contributed by atoms with van der Waals surface area (Å²) in [5.41, 5.74) is 7.59. The van der Waals surface area contributed by atoms with Crippen molar-refractivity contribution in [2.24, 2.45) is 0 Å². The van der Waals surface area contributed by atoms with E-state index in [2.05, 4.69) is 21.2 Å². The molecule has 198 valence electrons. The van der Waals surface area contributed by atoms with Crippen molar-refractivity contribution in [1.82, 2.24) is 15.3 Å². The number of terminal acetylenes is 1. The second-order valence-corrected chi connectivity index (χ2v) is 8.20. The topological polar surface area (TPSA) is 157 Å². The average Bonchev–Trinajstić information content (AvgIpc) is 2.88. The number of anilines is 2. The van der Waals surface area contributed by atoms with Crippen LogP contribution in [0.3, 0.4) is 0 Å². The van der Waals surface area contributed by atoms with Gasteiger partial charge in [0.25, 0.3) is 11.5 Å². The van der Waals surface area contributed by atoms with E-state index in [-0.39, 0.29) is 43.3 Å². The fourth-order valence-corrected chi connectivity index (χ4v) is 3.76. The lowest BCUT2D eigenvalue weighted by Gasteiger charge is -2.23. The molecule has 0 spiro atoms. The fourth-order valence-electron chi connectivity index (χ4n) is 3.76. The second kappa shape index (κ2) is 12.9. The number of esters is 2. The summed E-state index contributed by atoms with van der Waals surface area (Å²) in [4.78, 5) is 57.7. The SMILES string of the molecule is C#CCN(Cc1ccc2nc(N)[nH]c(=O)c2c1)c1ccc(C(=O)N[C@@H](CC(=O)OCC)C(=O)OCC)cc1. The molecule has 3 rings (SSSR count). The predicted molar refractivity (Wildman–Crippen MR) is 142 cm³/mol. The first kappa shape index (κ1) is 27.7. The number of H-pyrrole nitrogens is 1. The minimum Gasteiger partial charge on any atom is -0.466 e. The number of amides is 1. The molecule has 0 bridgehead atoms. The molecular weight excluding hydrogens is 490 g/mol. The summed E-state index contributed by atoms with van der Waals surface area (Å²) in [6.07, 6.45) is 5.24. The highest BCUT2D eigenvalue weighted by molar-refractivity contribution is 5.98. The van der Waals surface area contributed by atoms with Crippen LogP contribution in [0.15, 0.2) is 47.3 Å². The Balaban J connectivity index is 1.76. The number of ether oxygens (including phenoxy) is 2. The number of nitrogens with two attached hydrogens (primary N) is 1. The van der Waals surface area contributed by atoms with Crippen molar-refractivity contribution in [3.8, 4) is 12.3 Å². The van der Waals surface area contributed by atoms with Crippen molar-refractivity contribution in [1.29, 1.82) is 0 Å². The van der Waals surface area contributed by atoms with E-state index < -0.39 is 23.9 Å². The molecule has 1 amide bonds. The zero-order valence-electron chi connectivity index (χ0n) is 21.2. The number of carbonyl (C=O) groups is 3. The molecule has 0 aliphatic heterocycles. The average molecular weight is 520 g/mol. The van der Waals surface area contributed by atoms with E-state index in [0.717, 1.165) is 11.3 Å². The van der Waals surface area contributed by atoms with Crippen LogP contribution in [-0.2, 0) is 25.6 Å². The highest BCUT2D eigenvalue weighted by atomic mass is 16.5. The minimum absolute atomic E-state index is 0.0443. The van der Waals surface area contributed by atoms with Crippen LogP contribution in [-0.4, -0.2) is 53.6 Å². The standard InChI is InChI=1S/C27H29N5O6/c1-4-13-32(16-17-7-12-21-20(14-17)25(35)31-27(28)30-21)19-10-8-18(9-11-19)24(34)29-22(26(36)38-6-3)15-23(33)37-5-2/h1,7-12,14,22H,5-6,13,15-16H2,2-3H3,(H,29,34)(H3,28,30,31,35)/t22-/m0/s1. The van der Waals surface area contributed by atoms with E-state index >= 15 is 0 Å². The lowest BCUT2D eigenvalue weighted by Crippen LogP contribution is -2.43. The van der Waals surface area contributed by atoms with Gasteiger partial charge in [-0.3, -0.25) is 19.4 Å². The number of hydrogen-bond acceptors (Lipinski definition) is 9. The number of aromatic nitrogens is 2. The smallest absolute Gasteiger partial charge is 0.329 e. The summed E-state index contributed by atoms with van der Waals surface area (Å²) in [6.45, 7) is 4.19. The lowest BCUT2D eigenvalue weighted by molar-refractivity contribution is -0.152. The van der Waals surface area contributed by atoms with Crippen molar-refractivity contribution in [3.63, 3.8) is 0 Å². The van der Waals surface area contributed by atoms with E-state index in [1.165, 1.54) is 0 Å². The molecule has 0 saturated heterocycles. The van der Waals surface area contributed by atoms with Gasteiger partial charge in [0.05, 0.1) is 37.1 Å². The van der Waals surface area contributed by atoms with E-state index in [4.69, 9.17) is 21.6 Å². The van der Waals surface area contributed by atoms with Crippen LogP contribution in [0, 0.1) is 12.3 Å². The van der Waals surface area contributed by atoms with E-state index in [0.29, 0.717) is 17.4 Å². The third-order valence-electron chi connectivity index (χ3n) is 5.49. The summed E-state index contributed by atoms with van der Waals surface area (Å²) < 4.78 is 9.86. The zero-order chi connectivity index (χ0) is 27.7. The van der Waals surface area contributed by atoms with Gasteiger partial charge in [-0.1, -0.05) is 12.0 Å².